The van der Waals surface area contributed by atoms with E-state index in [2.05, 4.69) is 46.5 Å². The van der Waals surface area contributed by atoms with Crippen LogP contribution in [0.15, 0.2) is 11.6 Å². The van der Waals surface area contributed by atoms with Gasteiger partial charge in [-0.2, -0.15) is 0 Å². The molecular formula is C28H48O4Si. The molecule has 0 N–H and O–H groups in total. The first-order chi connectivity index (χ1) is 15.4. The number of Topliss-reactive ketones (excluding diaryl/α,β-unsaturated/α-hetero) is 1. The zero-order valence-electron chi connectivity index (χ0n) is 22.4. The summed E-state index contributed by atoms with van der Waals surface area (Å²) < 4.78 is 17.5. The lowest BCUT2D eigenvalue weighted by Crippen LogP contribution is -2.51. The Balaban J connectivity index is 1.54. The average molecular weight is 477 g/mol. The van der Waals surface area contributed by atoms with Crippen LogP contribution in [0.2, 0.25) is 19.6 Å². The highest BCUT2D eigenvalue weighted by Crippen LogP contribution is 2.66. The van der Waals surface area contributed by atoms with Gasteiger partial charge in [-0.25, -0.2) is 0 Å². The number of methoxy groups -OCH3 is 2. The summed E-state index contributed by atoms with van der Waals surface area (Å²) in [5.74, 6) is 2.80. The Morgan fingerprint density at radius 2 is 1.76 bits per heavy atom. The number of allylic oxidation sites excluding steroid dienone is 1. The SMILES string of the molecule is COC(C[C@@H](C)[C@H]1C(=O)CC2C3CC=C4C[C@@H](O[Si](C)(C)C)CC[C@]4(C)C3CC[C@@]21C)OC. The van der Waals surface area contributed by atoms with Crippen molar-refractivity contribution in [2.24, 2.45) is 40.4 Å². The van der Waals surface area contributed by atoms with Gasteiger partial charge in [0.05, 0.1) is 0 Å². The minimum Gasteiger partial charge on any atom is -0.414 e. The molecule has 3 saturated carbocycles. The summed E-state index contributed by atoms with van der Waals surface area (Å²) in [4.78, 5) is 13.4. The molecule has 0 heterocycles. The van der Waals surface area contributed by atoms with Gasteiger partial charge in [0.1, 0.15) is 5.78 Å². The molecule has 33 heavy (non-hydrogen) atoms. The molecule has 8 atom stereocenters. The van der Waals surface area contributed by atoms with Gasteiger partial charge in [0.25, 0.3) is 0 Å². The quantitative estimate of drug-likeness (QED) is 0.236. The van der Waals surface area contributed by atoms with Crippen LogP contribution in [0, 0.1) is 40.4 Å². The smallest absolute Gasteiger partial charge is 0.184 e. The van der Waals surface area contributed by atoms with Gasteiger partial charge < -0.3 is 13.9 Å². The molecule has 3 fully saturated rings. The lowest BCUT2D eigenvalue weighted by Gasteiger charge is -2.58. The van der Waals surface area contributed by atoms with E-state index in [1.165, 1.54) is 25.7 Å². The van der Waals surface area contributed by atoms with Gasteiger partial charge >= 0.3 is 0 Å². The maximum absolute atomic E-state index is 13.4. The standard InChI is InChI=1S/C28H48O4Si/c1-18(15-25(30-4)31-5)26-24(29)17-23-21-10-9-19-16-20(32-33(6,7)8)11-13-27(19,2)22(21)12-14-28(23,26)3/h9,18,20-23,25-26H,10-17H2,1-8H3/t18-,20+,21?,22?,23?,26+,27+,28+/m1/s1. The average Bonchev–Trinajstić information content (AvgIpc) is 3.01. The predicted molar refractivity (Wildman–Crippen MR) is 135 cm³/mol. The number of fused-ring (bicyclic) bond motifs is 5. The van der Waals surface area contributed by atoms with Crippen LogP contribution < -0.4 is 0 Å². The fourth-order valence-electron chi connectivity index (χ4n) is 8.75. The lowest BCUT2D eigenvalue weighted by molar-refractivity contribution is -0.134. The molecule has 0 aliphatic heterocycles. The highest BCUT2D eigenvalue weighted by atomic mass is 28.4. The summed E-state index contributed by atoms with van der Waals surface area (Å²) in [6, 6.07) is 0. The number of carbonyl (C=O) groups excluding carboxylic acids is 1. The first kappa shape index (κ1) is 25.6. The molecule has 4 nitrogen and oxygen atoms in total. The van der Waals surface area contributed by atoms with Crippen molar-refractivity contribution in [3.63, 3.8) is 0 Å². The van der Waals surface area contributed by atoms with Gasteiger partial charge in [-0.1, -0.05) is 32.4 Å². The number of ether oxygens (including phenoxy) is 2. The van der Waals surface area contributed by atoms with E-state index in [4.69, 9.17) is 13.9 Å². The molecule has 5 heteroatoms. The van der Waals surface area contributed by atoms with E-state index in [0.29, 0.717) is 29.1 Å². The predicted octanol–water partition coefficient (Wildman–Crippen LogP) is 6.61. The van der Waals surface area contributed by atoms with Crippen LogP contribution in [0.5, 0.6) is 0 Å². The minimum atomic E-state index is -1.51. The van der Waals surface area contributed by atoms with Gasteiger partial charge in [0.2, 0.25) is 0 Å². The first-order valence-electron chi connectivity index (χ1n) is 13.4. The first-order valence-corrected chi connectivity index (χ1v) is 16.8. The summed E-state index contributed by atoms with van der Waals surface area (Å²) in [5, 5.41) is 0. The van der Waals surface area contributed by atoms with Crippen LogP contribution >= 0.6 is 0 Å². The molecule has 3 unspecified atom stereocenters. The van der Waals surface area contributed by atoms with Gasteiger partial charge in [0.15, 0.2) is 14.6 Å². The normalized spacial score (nSPS) is 41.9. The van der Waals surface area contributed by atoms with Crippen molar-refractivity contribution in [2.75, 3.05) is 14.2 Å². The van der Waals surface area contributed by atoms with Crippen molar-refractivity contribution in [3.8, 4) is 0 Å². The summed E-state index contributed by atoms with van der Waals surface area (Å²) in [5.41, 5.74) is 2.08. The Morgan fingerprint density at radius 3 is 2.39 bits per heavy atom. The Morgan fingerprint density at radius 1 is 1.06 bits per heavy atom. The van der Waals surface area contributed by atoms with Gasteiger partial charge in [-0.15, -0.1) is 0 Å². The fourth-order valence-corrected chi connectivity index (χ4v) is 9.95. The number of carbonyl (C=O) groups is 1. The van der Waals surface area contributed by atoms with E-state index in [9.17, 15) is 4.79 Å². The van der Waals surface area contributed by atoms with Crippen LogP contribution in [-0.2, 0) is 18.7 Å². The second kappa shape index (κ2) is 9.18. The summed E-state index contributed by atoms with van der Waals surface area (Å²) >= 11 is 0. The van der Waals surface area contributed by atoms with Gasteiger partial charge in [-0.3, -0.25) is 4.79 Å². The van der Waals surface area contributed by atoms with Crippen LogP contribution in [0.3, 0.4) is 0 Å². The van der Waals surface area contributed by atoms with Crippen molar-refractivity contribution in [1.29, 1.82) is 0 Å². The number of rotatable bonds is 7. The lowest BCUT2D eigenvalue weighted by atomic mass is 9.47. The maximum Gasteiger partial charge on any atom is 0.184 e. The summed E-state index contributed by atoms with van der Waals surface area (Å²) in [6.07, 6.45) is 11.5. The van der Waals surface area contributed by atoms with Crippen LogP contribution in [0.1, 0.15) is 72.1 Å². The third kappa shape index (κ3) is 4.57. The highest BCUT2D eigenvalue weighted by Gasteiger charge is 2.62. The molecule has 0 spiro atoms. The fraction of sp³-hybridized carbons (Fsp3) is 0.893. The number of hydrogen-bond acceptors (Lipinski definition) is 4. The van der Waals surface area contributed by atoms with E-state index in [1.807, 2.05) is 0 Å². The number of ketones is 1. The summed E-state index contributed by atoms with van der Waals surface area (Å²) in [7, 11) is 1.88. The molecule has 4 aliphatic rings. The van der Waals surface area contributed by atoms with E-state index >= 15 is 0 Å². The molecule has 0 saturated heterocycles. The molecule has 0 aromatic carbocycles. The Bertz CT molecular complexity index is 768. The molecule has 0 bridgehead atoms. The van der Waals surface area contributed by atoms with Crippen molar-refractivity contribution in [1.82, 2.24) is 0 Å². The second-order valence-electron chi connectivity index (χ2n) is 13.2. The van der Waals surface area contributed by atoms with Crippen molar-refractivity contribution in [2.45, 2.75) is 104 Å². The Hall–Kier alpha value is -0.493. The molecule has 0 amide bonds. The topological polar surface area (TPSA) is 44.8 Å². The third-order valence-corrected chi connectivity index (χ3v) is 11.2. The largest absolute Gasteiger partial charge is 0.414 e. The van der Waals surface area contributed by atoms with Crippen molar-refractivity contribution < 1.29 is 18.7 Å². The van der Waals surface area contributed by atoms with Crippen LogP contribution in [0.25, 0.3) is 0 Å². The number of hydrogen-bond donors (Lipinski definition) is 0. The molecule has 4 aliphatic carbocycles. The molecular weight excluding hydrogens is 428 g/mol. The zero-order valence-corrected chi connectivity index (χ0v) is 23.4. The Labute approximate surface area is 203 Å². The van der Waals surface area contributed by atoms with E-state index in [-0.39, 0.29) is 23.5 Å². The van der Waals surface area contributed by atoms with Gasteiger partial charge in [0, 0.05) is 39.1 Å². The van der Waals surface area contributed by atoms with E-state index < -0.39 is 8.32 Å². The van der Waals surface area contributed by atoms with Crippen molar-refractivity contribution in [3.05, 3.63) is 11.6 Å². The molecule has 0 aromatic heterocycles. The van der Waals surface area contributed by atoms with Crippen LogP contribution in [0.4, 0.5) is 0 Å². The minimum absolute atomic E-state index is 0.115. The zero-order chi connectivity index (χ0) is 24.2. The van der Waals surface area contributed by atoms with Crippen LogP contribution in [-0.4, -0.2) is 40.7 Å². The van der Waals surface area contributed by atoms with Crippen molar-refractivity contribution >= 4 is 14.1 Å². The van der Waals surface area contributed by atoms with Gasteiger partial charge in [-0.05, 0) is 92.7 Å². The maximum atomic E-state index is 13.4. The second-order valence-corrected chi connectivity index (χ2v) is 17.6. The molecule has 0 radical (unpaired) electrons. The van der Waals surface area contributed by atoms with E-state index in [0.717, 1.165) is 31.6 Å². The Kier molecular flexibility index (Phi) is 7.12. The molecule has 0 aromatic rings. The monoisotopic (exact) mass is 476 g/mol. The molecule has 188 valence electrons. The third-order valence-electron chi connectivity index (χ3n) is 10.2. The molecule has 4 rings (SSSR count). The van der Waals surface area contributed by atoms with E-state index in [1.54, 1.807) is 19.8 Å². The highest BCUT2D eigenvalue weighted by molar-refractivity contribution is 6.69. The summed E-state index contributed by atoms with van der Waals surface area (Å²) in [6.45, 7) is 14.2.